The highest BCUT2D eigenvalue weighted by Crippen LogP contribution is 2.35. The van der Waals surface area contributed by atoms with Gasteiger partial charge in [-0.1, -0.05) is 37.8 Å². The van der Waals surface area contributed by atoms with E-state index in [1.807, 2.05) is 46.0 Å². The van der Waals surface area contributed by atoms with Crippen molar-refractivity contribution in [2.45, 2.75) is 40.2 Å². The zero-order chi connectivity index (χ0) is 28.3. The van der Waals surface area contributed by atoms with E-state index in [0.717, 1.165) is 44.9 Å². The lowest BCUT2D eigenvalue weighted by atomic mass is 9.94. The Balaban J connectivity index is 1.60. The average molecular weight is 528 g/mol. The van der Waals surface area contributed by atoms with E-state index >= 15 is 0 Å². The Morgan fingerprint density at radius 2 is 2.08 bits per heavy atom. The van der Waals surface area contributed by atoms with Gasteiger partial charge in [-0.2, -0.15) is 0 Å². The second-order valence-corrected chi connectivity index (χ2v) is 9.72. The second-order valence-electron chi connectivity index (χ2n) is 9.72. The molecule has 7 nitrogen and oxygen atoms in total. The molecule has 0 radical (unpaired) electrons. The third-order valence-corrected chi connectivity index (χ3v) is 6.76. The summed E-state index contributed by atoms with van der Waals surface area (Å²) in [5, 5.41) is 13.0. The number of hydrogen-bond acceptors (Lipinski definition) is 5. The minimum Gasteiger partial charge on any atom is -0.505 e. The number of benzene rings is 2. The number of aliphatic imine (C=N–C) groups is 1. The number of allylic oxidation sites excluding steroid dienone is 1. The number of H-pyrrole nitrogens is 1. The summed E-state index contributed by atoms with van der Waals surface area (Å²) in [6.45, 7) is 14.8. The van der Waals surface area contributed by atoms with Crippen molar-refractivity contribution >= 4 is 22.9 Å². The number of carbonyl (C=O) groups excluding carboxylic acids is 1. The van der Waals surface area contributed by atoms with Crippen molar-refractivity contribution in [2.24, 2.45) is 4.99 Å². The number of phenolic OH excluding ortho intramolecular Hbond substituents is 1. The van der Waals surface area contributed by atoms with Crippen molar-refractivity contribution in [3.63, 3.8) is 0 Å². The molecule has 202 valence electrons. The molecular formula is C31H34FN5O2. The summed E-state index contributed by atoms with van der Waals surface area (Å²) in [7, 11) is 1.82. The van der Waals surface area contributed by atoms with Gasteiger partial charge >= 0.3 is 0 Å². The number of nitrogens with zero attached hydrogens (tertiary/aromatic N) is 3. The number of aromatic amines is 1. The van der Waals surface area contributed by atoms with Crippen LogP contribution in [0.5, 0.6) is 5.75 Å². The standard InChI is InChI=1S/C31H34FN5O2/c1-7-20-14-29(38)24(32)15-23(20)21-9-10-22(27(13-21)33-6)19(5)30-35-26-11-12-37(17-28(26)36-30)31(39)25(8-2)34-16-18(3)4/h8-10,13-16,33,38H,2,5,7,11-12,17H2,1,3-4,6H3,(H,35,36). The number of imidazole rings is 1. The van der Waals surface area contributed by atoms with E-state index in [-0.39, 0.29) is 11.7 Å². The third kappa shape index (κ3) is 5.70. The molecule has 3 aromatic rings. The van der Waals surface area contributed by atoms with Crippen LogP contribution in [-0.2, 0) is 24.2 Å². The summed E-state index contributed by atoms with van der Waals surface area (Å²) >= 11 is 0. The monoisotopic (exact) mass is 527 g/mol. The smallest absolute Gasteiger partial charge is 0.272 e. The van der Waals surface area contributed by atoms with Gasteiger partial charge in [-0.15, -0.1) is 0 Å². The quantitative estimate of drug-likeness (QED) is 0.312. The third-order valence-electron chi connectivity index (χ3n) is 6.76. The number of aromatic hydroxyl groups is 1. The molecule has 0 unspecified atom stereocenters. The molecule has 0 saturated carbocycles. The maximum Gasteiger partial charge on any atom is 0.272 e. The van der Waals surface area contributed by atoms with Gasteiger partial charge in [-0.05, 0) is 61.2 Å². The molecule has 0 aliphatic carbocycles. The molecule has 39 heavy (non-hydrogen) atoms. The van der Waals surface area contributed by atoms with Crippen LogP contribution in [-0.4, -0.2) is 45.2 Å². The van der Waals surface area contributed by atoms with Crippen LogP contribution in [0.3, 0.4) is 0 Å². The van der Waals surface area contributed by atoms with Crippen LogP contribution in [0.4, 0.5) is 10.1 Å². The Bertz CT molecular complexity index is 1510. The molecule has 0 saturated heterocycles. The SMILES string of the molecule is C=CC(=NC=C(C)C)C(=O)N1CCc2nc(C(=C)c3ccc(-c4cc(F)c(O)cc4CC)cc3NC)[nH]c2C1. The number of amides is 1. The first-order valence-corrected chi connectivity index (χ1v) is 12.9. The van der Waals surface area contributed by atoms with Crippen LogP contribution in [0.25, 0.3) is 16.7 Å². The molecule has 1 amide bonds. The van der Waals surface area contributed by atoms with Crippen molar-refractivity contribution in [3.8, 4) is 16.9 Å². The van der Waals surface area contributed by atoms with E-state index in [0.29, 0.717) is 43.0 Å². The zero-order valence-electron chi connectivity index (χ0n) is 22.9. The summed E-state index contributed by atoms with van der Waals surface area (Å²) < 4.78 is 14.2. The highest BCUT2D eigenvalue weighted by Gasteiger charge is 2.26. The van der Waals surface area contributed by atoms with Gasteiger partial charge in [0, 0.05) is 43.0 Å². The molecular weight excluding hydrogens is 493 g/mol. The molecule has 0 spiro atoms. The lowest BCUT2D eigenvalue weighted by molar-refractivity contribution is -0.124. The lowest BCUT2D eigenvalue weighted by Gasteiger charge is -2.26. The highest BCUT2D eigenvalue weighted by atomic mass is 19.1. The molecule has 1 aliphatic heterocycles. The minimum absolute atomic E-state index is 0.173. The largest absolute Gasteiger partial charge is 0.505 e. The number of aryl methyl sites for hydroxylation is 1. The van der Waals surface area contributed by atoms with E-state index in [2.05, 4.69) is 28.5 Å². The second kappa shape index (κ2) is 11.5. The minimum atomic E-state index is -0.654. The molecule has 0 atom stereocenters. The number of carbonyl (C=O) groups is 1. The Labute approximate surface area is 228 Å². The van der Waals surface area contributed by atoms with E-state index in [9.17, 15) is 14.3 Å². The molecule has 1 aromatic heterocycles. The predicted octanol–water partition coefficient (Wildman–Crippen LogP) is 6.02. The van der Waals surface area contributed by atoms with Gasteiger partial charge in [0.05, 0.1) is 17.9 Å². The molecule has 8 heteroatoms. The molecule has 4 rings (SSSR count). The summed E-state index contributed by atoms with van der Waals surface area (Å²) in [5.74, 6) is -0.546. The Hall–Kier alpha value is -4.46. The Morgan fingerprint density at radius 1 is 1.31 bits per heavy atom. The van der Waals surface area contributed by atoms with E-state index in [1.165, 1.54) is 18.2 Å². The number of aromatic nitrogens is 2. The van der Waals surface area contributed by atoms with Crippen molar-refractivity contribution in [1.29, 1.82) is 0 Å². The summed E-state index contributed by atoms with van der Waals surface area (Å²) in [4.78, 5) is 27.2. The fourth-order valence-corrected chi connectivity index (χ4v) is 4.64. The van der Waals surface area contributed by atoms with Gasteiger partial charge in [0.1, 0.15) is 11.5 Å². The van der Waals surface area contributed by atoms with Gasteiger partial charge < -0.3 is 20.3 Å². The van der Waals surface area contributed by atoms with Crippen molar-refractivity contribution < 1.29 is 14.3 Å². The summed E-state index contributed by atoms with van der Waals surface area (Å²) in [6, 6.07) is 8.63. The fraction of sp³-hybridized carbons (Fsp3) is 0.258. The number of fused-ring (bicyclic) bond motifs is 1. The van der Waals surface area contributed by atoms with Gasteiger partial charge in [0.15, 0.2) is 11.6 Å². The maximum atomic E-state index is 14.2. The van der Waals surface area contributed by atoms with Crippen molar-refractivity contribution in [3.05, 3.63) is 95.5 Å². The normalized spacial score (nSPS) is 13.1. The van der Waals surface area contributed by atoms with Crippen LogP contribution in [0, 0.1) is 5.82 Å². The van der Waals surface area contributed by atoms with Crippen molar-refractivity contribution in [1.82, 2.24) is 14.9 Å². The number of phenols is 1. The number of anilines is 1. The van der Waals surface area contributed by atoms with Gasteiger partial charge in [0.2, 0.25) is 0 Å². The van der Waals surface area contributed by atoms with Crippen molar-refractivity contribution in [2.75, 3.05) is 18.9 Å². The maximum absolute atomic E-state index is 14.2. The number of rotatable bonds is 8. The van der Waals surface area contributed by atoms with Gasteiger partial charge in [-0.3, -0.25) is 9.79 Å². The molecule has 0 fully saturated rings. The van der Waals surface area contributed by atoms with E-state index < -0.39 is 5.82 Å². The predicted molar refractivity (Wildman–Crippen MR) is 155 cm³/mol. The highest BCUT2D eigenvalue weighted by molar-refractivity contribution is 6.43. The van der Waals surface area contributed by atoms with Gasteiger partial charge in [0.25, 0.3) is 5.91 Å². The van der Waals surface area contributed by atoms with Crippen LogP contribution in [0.2, 0.25) is 0 Å². The average Bonchev–Trinajstić information content (AvgIpc) is 3.37. The first kappa shape index (κ1) is 27.6. The summed E-state index contributed by atoms with van der Waals surface area (Å²) in [6.07, 6.45) is 4.41. The van der Waals surface area contributed by atoms with Crippen LogP contribution in [0.1, 0.15) is 49.1 Å². The molecule has 2 aromatic carbocycles. The molecule has 1 aliphatic rings. The van der Waals surface area contributed by atoms with Crippen LogP contribution >= 0.6 is 0 Å². The van der Waals surface area contributed by atoms with E-state index in [1.54, 1.807) is 11.1 Å². The molecule has 2 heterocycles. The zero-order valence-corrected chi connectivity index (χ0v) is 22.9. The fourth-order valence-electron chi connectivity index (χ4n) is 4.64. The molecule has 0 bridgehead atoms. The molecule has 3 N–H and O–H groups in total. The first-order chi connectivity index (χ1) is 18.7. The topological polar surface area (TPSA) is 93.6 Å². The summed E-state index contributed by atoms with van der Waals surface area (Å²) in [5.41, 5.74) is 7.84. The Morgan fingerprint density at radius 3 is 2.74 bits per heavy atom. The lowest BCUT2D eigenvalue weighted by Crippen LogP contribution is -2.39. The van der Waals surface area contributed by atoms with Crippen LogP contribution < -0.4 is 5.32 Å². The van der Waals surface area contributed by atoms with E-state index in [4.69, 9.17) is 4.98 Å². The number of nitrogens with one attached hydrogen (secondary N) is 2. The number of hydrogen-bond donors (Lipinski definition) is 3. The Kier molecular flexibility index (Phi) is 8.14. The van der Waals surface area contributed by atoms with Crippen LogP contribution in [0.15, 0.2) is 66.3 Å². The van der Waals surface area contributed by atoms with Gasteiger partial charge in [-0.25, -0.2) is 9.37 Å². The first-order valence-electron chi connectivity index (χ1n) is 12.9. The number of halogens is 1.